The van der Waals surface area contributed by atoms with Crippen LogP contribution in [0.3, 0.4) is 0 Å². The summed E-state index contributed by atoms with van der Waals surface area (Å²) in [6.45, 7) is 1.62. The minimum Gasteiger partial charge on any atom is -0.508 e. The number of aromatic hydroxyl groups is 1. The Hall–Kier alpha value is -2.33. The first-order chi connectivity index (χ1) is 10.7. The van der Waals surface area contributed by atoms with Crippen LogP contribution >= 0.6 is 0 Å². The zero-order chi connectivity index (χ0) is 15.8. The van der Waals surface area contributed by atoms with E-state index >= 15 is 0 Å². The van der Waals surface area contributed by atoms with Crippen molar-refractivity contribution in [2.24, 2.45) is 0 Å². The Morgan fingerprint density at radius 3 is 2.55 bits per heavy atom. The van der Waals surface area contributed by atoms with Gasteiger partial charge in [0, 0.05) is 6.54 Å². The lowest BCUT2D eigenvalue weighted by atomic mass is 10.1. The number of carbonyl (C=O) groups excluding carboxylic acids is 1. The molecule has 0 aliphatic heterocycles. The van der Waals surface area contributed by atoms with Gasteiger partial charge in [-0.3, -0.25) is 0 Å². The van der Waals surface area contributed by atoms with E-state index in [-0.39, 0.29) is 5.97 Å². The van der Waals surface area contributed by atoms with Crippen molar-refractivity contribution in [2.45, 2.75) is 19.4 Å². The molecule has 2 N–H and O–H groups in total. The molecule has 0 saturated carbocycles. The maximum atomic E-state index is 11.3. The Morgan fingerprint density at radius 1 is 1.14 bits per heavy atom. The summed E-state index contributed by atoms with van der Waals surface area (Å²) in [6.07, 6.45) is 1.80. The minimum absolute atomic E-state index is 0.317. The molecule has 0 heterocycles. The summed E-state index contributed by atoms with van der Waals surface area (Å²) in [5, 5.41) is 13.0. The number of ether oxygens (including phenoxy) is 1. The van der Waals surface area contributed by atoms with Crippen molar-refractivity contribution in [1.29, 1.82) is 0 Å². The van der Waals surface area contributed by atoms with Gasteiger partial charge in [-0.05, 0) is 48.7 Å². The van der Waals surface area contributed by atoms with E-state index < -0.39 is 0 Å². The molecule has 0 aliphatic rings. The number of phenols is 1. The van der Waals surface area contributed by atoms with Crippen molar-refractivity contribution in [3.8, 4) is 5.75 Å². The summed E-state index contributed by atoms with van der Waals surface area (Å²) in [6, 6.07) is 14.8. The highest BCUT2D eigenvalue weighted by atomic mass is 16.5. The van der Waals surface area contributed by atoms with E-state index in [0.29, 0.717) is 11.3 Å². The van der Waals surface area contributed by atoms with Gasteiger partial charge in [0.25, 0.3) is 0 Å². The molecule has 0 radical (unpaired) electrons. The molecule has 2 aromatic rings. The number of nitrogens with one attached hydrogen (secondary N) is 1. The van der Waals surface area contributed by atoms with Gasteiger partial charge in [-0.2, -0.15) is 0 Å². The summed E-state index contributed by atoms with van der Waals surface area (Å²) in [4.78, 5) is 11.3. The van der Waals surface area contributed by atoms with Gasteiger partial charge < -0.3 is 15.2 Å². The lowest BCUT2D eigenvalue weighted by molar-refractivity contribution is 0.0600. The fourth-order valence-corrected chi connectivity index (χ4v) is 2.24. The molecular weight excluding hydrogens is 278 g/mol. The van der Waals surface area contributed by atoms with Gasteiger partial charge in [0.2, 0.25) is 0 Å². The van der Waals surface area contributed by atoms with E-state index in [2.05, 4.69) is 10.1 Å². The van der Waals surface area contributed by atoms with E-state index in [4.69, 9.17) is 0 Å². The third kappa shape index (κ3) is 4.60. The quantitative estimate of drug-likeness (QED) is 0.609. The van der Waals surface area contributed by atoms with Crippen LogP contribution in [-0.4, -0.2) is 24.7 Å². The first-order valence-electron chi connectivity index (χ1n) is 7.35. The second-order valence-corrected chi connectivity index (χ2v) is 5.10. The number of hydrogen-bond acceptors (Lipinski definition) is 4. The Labute approximate surface area is 130 Å². The van der Waals surface area contributed by atoms with Crippen molar-refractivity contribution in [1.82, 2.24) is 5.32 Å². The number of methoxy groups -OCH3 is 1. The Bertz CT molecular complexity index is 608. The Balaban J connectivity index is 1.70. The Morgan fingerprint density at radius 2 is 1.86 bits per heavy atom. The monoisotopic (exact) mass is 299 g/mol. The predicted octanol–water partition coefficient (Wildman–Crippen LogP) is 2.90. The number of hydrogen-bond donors (Lipinski definition) is 2. The van der Waals surface area contributed by atoms with Gasteiger partial charge in [-0.1, -0.05) is 30.3 Å². The highest BCUT2D eigenvalue weighted by molar-refractivity contribution is 5.89. The summed E-state index contributed by atoms with van der Waals surface area (Å²) in [5.41, 5.74) is 2.66. The zero-order valence-electron chi connectivity index (χ0n) is 12.7. The molecule has 0 aromatic heterocycles. The van der Waals surface area contributed by atoms with Gasteiger partial charge in [0.05, 0.1) is 12.7 Å². The zero-order valence-corrected chi connectivity index (χ0v) is 12.7. The van der Waals surface area contributed by atoms with Crippen LogP contribution in [0.2, 0.25) is 0 Å². The van der Waals surface area contributed by atoms with Gasteiger partial charge in [-0.25, -0.2) is 4.79 Å². The number of para-hydroxylation sites is 1. The summed E-state index contributed by atoms with van der Waals surface area (Å²) in [7, 11) is 1.38. The molecule has 0 aliphatic carbocycles. The predicted molar refractivity (Wildman–Crippen MR) is 85.9 cm³/mol. The van der Waals surface area contributed by atoms with Crippen LogP contribution < -0.4 is 5.32 Å². The van der Waals surface area contributed by atoms with E-state index in [1.807, 2.05) is 30.3 Å². The smallest absolute Gasteiger partial charge is 0.337 e. The van der Waals surface area contributed by atoms with Crippen molar-refractivity contribution < 1.29 is 14.6 Å². The topological polar surface area (TPSA) is 58.6 Å². The fourth-order valence-electron chi connectivity index (χ4n) is 2.24. The summed E-state index contributed by atoms with van der Waals surface area (Å²) >= 11 is 0. The lowest BCUT2D eigenvalue weighted by Crippen LogP contribution is -2.15. The van der Waals surface area contributed by atoms with Crippen LogP contribution in [0.25, 0.3) is 0 Å². The van der Waals surface area contributed by atoms with Crippen LogP contribution in [0, 0.1) is 0 Å². The second-order valence-electron chi connectivity index (χ2n) is 5.10. The molecule has 4 heteroatoms. The second kappa shape index (κ2) is 8.20. The van der Waals surface area contributed by atoms with Gasteiger partial charge in [-0.15, -0.1) is 0 Å². The Kier molecular flexibility index (Phi) is 5.98. The molecule has 0 saturated heterocycles. The van der Waals surface area contributed by atoms with E-state index in [1.165, 1.54) is 7.11 Å². The largest absolute Gasteiger partial charge is 0.508 e. The molecule has 0 unspecified atom stereocenters. The molecule has 4 nitrogen and oxygen atoms in total. The third-order valence-electron chi connectivity index (χ3n) is 3.50. The van der Waals surface area contributed by atoms with E-state index in [1.54, 1.807) is 18.2 Å². The van der Waals surface area contributed by atoms with Crippen LogP contribution in [0.1, 0.15) is 27.9 Å². The lowest BCUT2D eigenvalue weighted by Gasteiger charge is -2.07. The standard InChI is InChI=1S/C18H21NO3/c1-22-18(21)16-10-8-14(9-11-16)13-19-12-4-6-15-5-2-3-7-17(15)20/h2-3,5,7-11,19-20H,4,6,12-13H2,1H3. The van der Waals surface area contributed by atoms with Crippen LogP contribution in [0.5, 0.6) is 5.75 Å². The van der Waals surface area contributed by atoms with Crippen LogP contribution in [0.15, 0.2) is 48.5 Å². The highest BCUT2D eigenvalue weighted by Crippen LogP contribution is 2.16. The van der Waals surface area contributed by atoms with Gasteiger partial charge in [0.1, 0.15) is 5.75 Å². The van der Waals surface area contributed by atoms with Crippen molar-refractivity contribution >= 4 is 5.97 Å². The van der Waals surface area contributed by atoms with Gasteiger partial charge in [0.15, 0.2) is 0 Å². The number of rotatable bonds is 7. The third-order valence-corrected chi connectivity index (χ3v) is 3.50. The highest BCUT2D eigenvalue weighted by Gasteiger charge is 2.04. The minimum atomic E-state index is -0.317. The van der Waals surface area contributed by atoms with E-state index in [9.17, 15) is 9.90 Å². The molecule has 0 atom stereocenters. The fraction of sp³-hybridized carbons (Fsp3) is 0.278. The van der Waals surface area contributed by atoms with Crippen LogP contribution in [-0.2, 0) is 17.7 Å². The summed E-state index contributed by atoms with van der Waals surface area (Å²) in [5.74, 6) is 0.0445. The SMILES string of the molecule is COC(=O)c1ccc(CNCCCc2ccccc2O)cc1. The maximum Gasteiger partial charge on any atom is 0.337 e. The number of phenolic OH excluding ortho intramolecular Hbond substituents is 1. The van der Waals surface area contributed by atoms with Crippen molar-refractivity contribution in [3.63, 3.8) is 0 Å². The molecule has 22 heavy (non-hydrogen) atoms. The average molecular weight is 299 g/mol. The maximum absolute atomic E-state index is 11.3. The number of benzene rings is 2. The van der Waals surface area contributed by atoms with Crippen molar-refractivity contribution in [2.75, 3.05) is 13.7 Å². The molecular formula is C18H21NO3. The van der Waals surface area contributed by atoms with Crippen LogP contribution in [0.4, 0.5) is 0 Å². The average Bonchev–Trinajstić information content (AvgIpc) is 2.56. The molecule has 0 amide bonds. The molecule has 0 bridgehead atoms. The number of esters is 1. The summed E-state index contributed by atoms with van der Waals surface area (Å²) < 4.78 is 4.67. The molecule has 0 fully saturated rings. The first kappa shape index (κ1) is 16.0. The van der Waals surface area contributed by atoms with Crippen molar-refractivity contribution in [3.05, 3.63) is 65.2 Å². The first-order valence-corrected chi connectivity index (χ1v) is 7.35. The normalized spacial score (nSPS) is 10.4. The number of carbonyl (C=O) groups is 1. The molecule has 0 spiro atoms. The molecule has 2 rings (SSSR count). The number of aryl methyl sites for hydroxylation is 1. The molecule has 2 aromatic carbocycles. The van der Waals surface area contributed by atoms with Gasteiger partial charge >= 0.3 is 5.97 Å². The van der Waals surface area contributed by atoms with E-state index in [0.717, 1.165) is 37.1 Å². The molecule has 116 valence electrons.